The molecule has 0 spiro atoms. The number of carbonyl (C=O) groups is 1. The summed E-state index contributed by atoms with van der Waals surface area (Å²) in [6.07, 6.45) is 0.608. The molecule has 0 radical (unpaired) electrons. The number of hydrogen-bond donors (Lipinski definition) is 0. The Labute approximate surface area is 160 Å². The zero-order valence-electron chi connectivity index (χ0n) is 17.6. The number of carbonyl (C=O) groups excluding carboxylic acids is 1. The molecule has 26 heavy (non-hydrogen) atoms. The molecule has 0 aromatic heterocycles. The minimum Gasteiger partial charge on any atom is -0.444 e. The van der Waals surface area contributed by atoms with E-state index in [2.05, 4.69) is 46.0 Å². The molecule has 1 aliphatic rings. The van der Waals surface area contributed by atoms with E-state index in [0.717, 1.165) is 12.0 Å². The van der Waals surface area contributed by atoms with Crippen LogP contribution in [-0.2, 0) is 9.16 Å². The van der Waals surface area contributed by atoms with E-state index in [0.29, 0.717) is 6.54 Å². The van der Waals surface area contributed by atoms with Gasteiger partial charge in [-0.25, -0.2) is 4.79 Å². The van der Waals surface area contributed by atoms with Crippen molar-refractivity contribution < 1.29 is 14.0 Å². The summed E-state index contributed by atoms with van der Waals surface area (Å²) in [7, 11) is -1.89. The van der Waals surface area contributed by atoms with E-state index in [1.54, 1.807) is 0 Å². The molecule has 1 amide bonds. The molecule has 1 saturated heterocycles. The van der Waals surface area contributed by atoms with Crippen molar-refractivity contribution in [2.75, 3.05) is 6.54 Å². The van der Waals surface area contributed by atoms with Crippen molar-refractivity contribution in [3.63, 3.8) is 0 Å². The molecule has 0 bridgehead atoms. The molecule has 1 aromatic rings. The topological polar surface area (TPSA) is 38.8 Å². The second kappa shape index (κ2) is 7.35. The zero-order valence-corrected chi connectivity index (χ0v) is 18.6. The summed E-state index contributed by atoms with van der Waals surface area (Å²) in [4.78, 5) is 14.7. The number of hydrogen-bond acceptors (Lipinski definition) is 3. The molecule has 0 aliphatic carbocycles. The van der Waals surface area contributed by atoms with Crippen LogP contribution in [0.5, 0.6) is 0 Å². The molecule has 1 fully saturated rings. The maximum atomic E-state index is 12.8. The van der Waals surface area contributed by atoms with E-state index in [-0.39, 0.29) is 23.3 Å². The van der Waals surface area contributed by atoms with Crippen LogP contribution in [0.2, 0.25) is 18.1 Å². The Kier molecular flexibility index (Phi) is 5.93. The highest BCUT2D eigenvalue weighted by molar-refractivity contribution is 6.74. The predicted octanol–water partition coefficient (Wildman–Crippen LogP) is 5.76. The monoisotopic (exact) mass is 377 g/mol. The number of amides is 1. The van der Waals surface area contributed by atoms with Crippen molar-refractivity contribution in [2.24, 2.45) is 0 Å². The van der Waals surface area contributed by atoms with E-state index in [1.165, 1.54) is 0 Å². The third-order valence-corrected chi connectivity index (χ3v) is 9.88. The number of likely N-dealkylation sites (tertiary alicyclic amines) is 1. The Morgan fingerprint density at radius 1 is 1.08 bits per heavy atom. The van der Waals surface area contributed by atoms with Gasteiger partial charge in [0.1, 0.15) is 5.60 Å². The lowest BCUT2D eigenvalue weighted by Gasteiger charge is -2.38. The van der Waals surface area contributed by atoms with Gasteiger partial charge in [-0.3, -0.25) is 4.90 Å². The summed E-state index contributed by atoms with van der Waals surface area (Å²) in [5.41, 5.74) is 0.635. The van der Waals surface area contributed by atoms with Crippen LogP contribution < -0.4 is 0 Å². The van der Waals surface area contributed by atoms with Crippen LogP contribution in [0.1, 0.15) is 59.6 Å². The Morgan fingerprint density at radius 2 is 1.65 bits per heavy atom. The summed E-state index contributed by atoms with van der Waals surface area (Å²) in [5.74, 6) is 0. The normalized spacial score (nSPS) is 21.8. The first-order chi connectivity index (χ1) is 11.8. The molecule has 1 aliphatic heterocycles. The second-order valence-corrected chi connectivity index (χ2v) is 14.6. The summed E-state index contributed by atoms with van der Waals surface area (Å²) >= 11 is 0. The quantitative estimate of drug-likeness (QED) is 0.629. The van der Waals surface area contributed by atoms with Crippen LogP contribution in [0.4, 0.5) is 4.79 Å². The van der Waals surface area contributed by atoms with Crippen LogP contribution in [0, 0.1) is 0 Å². The standard InChI is InChI=1S/C21H35NO3Si/c1-20(2,3)24-19(23)22-15-17(25-26(7,8)21(4,5)6)14-18(22)16-12-10-9-11-13-16/h9-13,17-18H,14-15H2,1-8H3/t17-,18-/m1/s1. The fraction of sp³-hybridized carbons (Fsp3) is 0.667. The van der Waals surface area contributed by atoms with Gasteiger partial charge in [-0.05, 0) is 50.9 Å². The van der Waals surface area contributed by atoms with Crippen LogP contribution in [0.25, 0.3) is 0 Å². The summed E-state index contributed by atoms with van der Waals surface area (Å²) in [6.45, 7) is 17.6. The molecule has 2 rings (SSSR count). The number of ether oxygens (including phenoxy) is 1. The Balaban J connectivity index is 2.23. The Bertz CT molecular complexity index is 616. The van der Waals surface area contributed by atoms with Gasteiger partial charge in [-0.1, -0.05) is 51.1 Å². The van der Waals surface area contributed by atoms with Crippen molar-refractivity contribution in [3.8, 4) is 0 Å². The maximum Gasteiger partial charge on any atom is 0.410 e. The smallest absolute Gasteiger partial charge is 0.410 e. The highest BCUT2D eigenvalue weighted by Gasteiger charge is 2.44. The molecule has 0 unspecified atom stereocenters. The van der Waals surface area contributed by atoms with Gasteiger partial charge in [0.15, 0.2) is 8.32 Å². The third-order valence-electron chi connectivity index (χ3n) is 5.34. The van der Waals surface area contributed by atoms with Crippen molar-refractivity contribution in [1.29, 1.82) is 0 Å². The molecule has 5 heteroatoms. The molecule has 0 N–H and O–H groups in total. The molecule has 4 nitrogen and oxygen atoms in total. The number of nitrogens with zero attached hydrogens (tertiary/aromatic N) is 1. The van der Waals surface area contributed by atoms with Gasteiger partial charge in [0.25, 0.3) is 0 Å². The molecular formula is C21H35NO3Si. The predicted molar refractivity (Wildman–Crippen MR) is 109 cm³/mol. The van der Waals surface area contributed by atoms with Crippen LogP contribution in [-0.4, -0.2) is 37.6 Å². The SMILES string of the molecule is CC(C)(C)OC(=O)N1C[C@H](O[Si](C)(C)C(C)(C)C)C[C@@H]1c1ccccc1. The van der Waals surface area contributed by atoms with E-state index in [9.17, 15) is 4.79 Å². The maximum absolute atomic E-state index is 12.8. The molecule has 2 atom stereocenters. The first kappa shape index (κ1) is 21.0. The van der Waals surface area contributed by atoms with Crippen LogP contribution in [0.3, 0.4) is 0 Å². The van der Waals surface area contributed by atoms with E-state index in [4.69, 9.17) is 9.16 Å². The summed E-state index contributed by atoms with van der Waals surface area (Å²) in [6, 6.07) is 10.2. The largest absolute Gasteiger partial charge is 0.444 e. The average Bonchev–Trinajstić information content (AvgIpc) is 2.88. The lowest BCUT2D eigenvalue weighted by atomic mass is 10.0. The highest BCUT2D eigenvalue weighted by atomic mass is 28.4. The lowest BCUT2D eigenvalue weighted by Crippen LogP contribution is -2.45. The molecule has 146 valence electrons. The summed E-state index contributed by atoms with van der Waals surface area (Å²) in [5, 5.41) is 0.147. The first-order valence-electron chi connectivity index (χ1n) is 9.52. The van der Waals surface area contributed by atoms with E-state index in [1.807, 2.05) is 43.9 Å². The Hall–Kier alpha value is -1.33. The van der Waals surface area contributed by atoms with Crippen molar-refractivity contribution in [2.45, 2.75) is 83.8 Å². The second-order valence-electron chi connectivity index (χ2n) is 9.80. The summed E-state index contributed by atoms with van der Waals surface area (Å²) < 4.78 is 12.3. The van der Waals surface area contributed by atoms with E-state index < -0.39 is 13.9 Å². The van der Waals surface area contributed by atoms with Gasteiger partial charge in [-0.15, -0.1) is 0 Å². The fourth-order valence-electron chi connectivity index (χ4n) is 2.99. The van der Waals surface area contributed by atoms with Crippen molar-refractivity contribution in [3.05, 3.63) is 35.9 Å². The van der Waals surface area contributed by atoms with Crippen LogP contribution in [0.15, 0.2) is 30.3 Å². The van der Waals surface area contributed by atoms with Crippen molar-refractivity contribution >= 4 is 14.4 Å². The van der Waals surface area contributed by atoms with Gasteiger partial charge in [0, 0.05) is 6.54 Å². The number of rotatable bonds is 3. The van der Waals surface area contributed by atoms with Gasteiger partial charge >= 0.3 is 6.09 Å². The number of benzene rings is 1. The molecule has 1 heterocycles. The fourth-order valence-corrected chi connectivity index (χ4v) is 4.35. The lowest BCUT2D eigenvalue weighted by molar-refractivity contribution is 0.0208. The molecule has 0 saturated carbocycles. The van der Waals surface area contributed by atoms with Gasteiger partial charge in [0.05, 0.1) is 12.1 Å². The van der Waals surface area contributed by atoms with Gasteiger partial charge < -0.3 is 9.16 Å². The van der Waals surface area contributed by atoms with E-state index >= 15 is 0 Å². The first-order valence-corrected chi connectivity index (χ1v) is 12.4. The zero-order chi connectivity index (χ0) is 19.8. The van der Waals surface area contributed by atoms with Gasteiger partial charge in [-0.2, -0.15) is 0 Å². The minimum absolute atomic E-state index is 0.000758. The Morgan fingerprint density at radius 3 is 2.15 bits per heavy atom. The average molecular weight is 378 g/mol. The highest BCUT2D eigenvalue weighted by Crippen LogP contribution is 2.41. The van der Waals surface area contributed by atoms with Gasteiger partial charge in [0.2, 0.25) is 0 Å². The molecular weight excluding hydrogens is 342 g/mol. The van der Waals surface area contributed by atoms with Crippen LogP contribution >= 0.6 is 0 Å². The molecule has 1 aromatic carbocycles. The minimum atomic E-state index is -1.89. The third kappa shape index (κ3) is 5.10. The van der Waals surface area contributed by atoms with Crippen molar-refractivity contribution in [1.82, 2.24) is 4.90 Å².